The molecule has 0 saturated carbocycles. The Bertz CT molecular complexity index is 992. The quantitative estimate of drug-likeness (QED) is 0.612. The van der Waals surface area contributed by atoms with Crippen LogP contribution in [-0.2, 0) is 19.1 Å². The first-order valence-electron chi connectivity index (χ1n) is 11.0. The highest BCUT2D eigenvalue weighted by Crippen LogP contribution is 2.50. The molecule has 1 aromatic carbocycles. The van der Waals surface area contributed by atoms with E-state index in [-0.39, 0.29) is 29.7 Å². The minimum absolute atomic E-state index is 0.00529. The van der Waals surface area contributed by atoms with E-state index < -0.39 is 23.3 Å². The van der Waals surface area contributed by atoms with Crippen LogP contribution in [0.15, 0.2) is 28.7 Å². The van der Waals surface area contributed by atoms with Crippen molar-refractivity contribution < 1.29 is 19.1 Å². The van der Waals surface area contributed by atoms with Gasteiger partial charge in [-0.1, -0.05) is 48.9 Å². The molecular formula is C24H27BrN2O4. The SMILES string of the molecule is CC(C)(C)C(=O)[C@@H]1[C@@H]2C(=O)N(C[C@@H]3CCCO3)C(=O)[C@@H]2[C@H]2C=Cc3cc(Br)ccc3N21. The van der Waals surface area contributed by atoms with Crippen molar-refractivity contribution in [1.29, 1.82) is 0 Å². The van der Waals surface area contributed by atoms with Crippen molar-refractivity contribution in [2.75, 3.05) is 18.1 Å². The molecule has 3 saturated heterocycles. The third-order valence-electron chi connectivity index (χ3n) is 6.98. The monoisotopic (exact) mass is 486 g/mol. The van der Waals surface area contributed by atoms with Crippen LogP contribution in [0.4, 0.5) is 5.69 Å². The summed E-state index contributed by atoms with van der Waals surface area (Å²) in [6.07, 6.45) is 5.70. The molecule has 0 unspecified atom stereocenters. The highest BCUT2D eigenvalue weighted by Gasteiger charge is 2.64. The van der Waals surface area contributed by atoms with Crippen molar-refractivity contribution in [3.63, 3.8) is 0 Å². The Morgan fingerprint density at radius 3 is 2.61 bits per heavy atom. The molecule has 4 aliphatic rings. The van der Waals surface area contributed by atoms with Crippen LogP contribution in [0.2, 0.25) is 0 Å². The predicted molar refractivity (Wildman–Crippen MR) is 120 cm³/mol. The van der Waals surface area contributed by atoms with Gasteiger partial charge in [0.15, 0.2) is 5.78 Å². The van der Waals surface area contributed by atoms with Crippen LogP contribution in [0, 0.1) is 17.3 Å². The maximum Gasteiger partial charge on any atom is 0.235 e. The van der Waals surface area contributed by atoms with Gasteiger partial charge >= 0.3 is 0 Å². The van der Waals surface area contributed by atoms with Gasteiger partial charge in [0.05, 0.1) is 30.5 Å². The summed E-state index contributed by atoms with van der Waals surface area (Å²) in [6.45, 7) is 6.60. The van der Waals surface area contributed by atoms with Crippen LogP contribution in [0.1, 0.15) is 39.2 Å². The molecule has 7 heteroatoms. The summed E-state index contributed by atoms with van der Waals surface area (Å²) < 4.78 is 6.63. The molecule has 6 nitrogen and oxygen atoms in total. The number of rotatable bonds is 3. The topological polar surface area (TPSA) is 66.9 Å². The molecule has 0 bridgehead atoms. The Kier molecular flexibility index (Phi) is 4.90. The van der Waals surface area contributed by atoms with E-state index in [9.17, 15) is 14.4 Å². The van der Waals surface area contributed by atoms with Crippen LogP contribution < -0.4 is 4.90 Å². The summed E-state index contributed by atoms with van der Waals surface area (Å²) in [5.41, 5.74) is 1.25. The van der Waals surface area contributed by atoms with Crippen LogP contribution in [-0.4, -0.2) is 53.8 Å². The molecule has 5 rings (SSSR count). The average Bonchev–Trinajstić information content (AvgIpc) is 3.40. The second-order valence-corrected chi connectivity index (χ2v) is 10.9. The van der Waals surface area contributed by atoms with E-state index in [1.807, 2.05) is 56.0 Å². The first-order valence-corrected chi connectivity index (χ1v) is 11.7. The largest absolute Gasteiger partial charge is 0.376 e. The molecule has 0 aliphatic carbocycles. The smallest absolute Gasteiger partial charge is 0.235 e. The second kappa shape index (κ2) is 7.27. The number of hydrogen-bond donors (Lipinski definition) is 0. The number of benzene rings is 1. The van der Waals surface area contributed by atoms with Gasteiger partial charge in [-0.05, 0) is 36.6 Å². The molecule has 1 aromatic rings. The minimum atomic E-state index is -0.662. The number of carbonyl (C=O) groups excluding carboxylic acids is 3. The van der Waals surface area contributed by atoms with Gasteiger partial charge in [0.1, 0.15) is 6.04 Å². The highest BCUT2D eigenvalue weighted by atomic mass is 79.9. The molecule has 164 valence electrons. The molecule has 4 aliphatic heterocycles. The number of ketones is 1. The Labute approximate surface area is 190 Å². The first kappa shape index (κ1) is 20.9. The molecule has 0 N–H and O–H groups in total. The van der Waals surface area contributed by atoms with Crippen molar-refractivity contribution in [1.82, 2.24) is 4.90 Å². The van der Waals surface area contributed by atoms with Gasteiger partial charge < -0.3 is 9.64 Å². The number of imide groups is 1. The third-order valence-corrected chi connectivity index (χ3v) is 7.47. The summed E-state index contributed by atoms with van der Waals surface area (Å²) in [6, 6.07) is 4.95. The summed E-state index contributed by atoms with van der Waals surface area (Å²) >= 11 is 3.51. The van der Waals surface area contributed by atoms with E-state index in [1.54, 1.807) is 0 Å². The molecule has 0 aromatic heterocycles. The lowest BCUT2D eigenvalue weighted by Crippen LogP contribution is -2.52. The summed E-state index contributed by atoms with van der Waals surface area (Å²) in [5, 5.41) is 0. The minimum Gasteiger partial charge on any atom is -0.376 e. The van der Waals surface area contributed by atoms with Crippen molar-refractivity contribution in [2.24, 2.45) is 17.3 Å². The highest BCUT2D eigenvalue weighted by molar-refractivity contribution is 9.10. The maximum absolute atomic E-state index is 13.7. The Morgan fingerprint density at radius 1 is 1.19 bits per heavy atom. The zero-order chi connectivity index (χ0) is 22.1. The van der Waals surface area contributed by atoms with E-state index in [2.05, 4.69) is 15.9 Å². The summed E-state index contributed by atoms with van der Waals surface area (Å²) in [4.78, 5) is 44.1. The van der Waals surface area contributed by atoms with Crippen LogP contribution >= 0.6 is 15.9 Å². The molecular weight excluding hydrogens is 460 g/mol. The normalized spacial score (nSPS) is 31.8. The van der Waals surface area contributed by atoms with Gasteiger partial charge in [0.2, 0.25) is 11.8 Å². The van der Waals surface area contributed by atoms with Crippen molar-refractivity contribution >= 4 is 45.3 Å². The Balaban J connectivity index is 1.58. The molecule has 31 heavy (non-hydrogen) atoms. The van der Waals surface area contributed by atoms with Gasteiger partial charge in [-0.2, -0.15) is 0 Å². The molecule has 2 amide bonds. The number of amides is 2. The number of halogens is 1. The summed E-state index contributed by atoms with van der Waals surface area (Å²) in [7, 11) is 0. The number of likely N-dealkylation sites (tertiary alicyclic amines) is 1. The lowest BCUT2D eigenvalue weighted by Gasteiger charge is -2.38. The third kappa shape index (κ3) is 3.20. The van der Waals surface area contributed by atoms with Crippen LogP contribution in [0.25, 0.3) is 6.08 Å². The Hall–Kier alpha value is -1.99. The number of fused-ring (bicyclic) bond motifs is 5. The van der Waals surface area contributed by atoms with Crippen molar-refractivity contribution in [3.05, 3.63) is 34.3 Å². The number of hydrogen-bond acceptors (Lipinski definition) is 5. The molecule has 5 atom stereocenters. The fourth-order valence-electron chi connectivity index (χ4n) is 5.52. The molecule has 3 fully saturated rings. The van der Waals surface area contributed by atoms with Gasteiger partial charge in [-0.3, -0.25) is 19.3 Å². The fourth-order valence-corrected chi connectivity index (χ4v) is 5.90. The van der Waals surface area contributed by atoms with E-state index in [0.717, 1.165) is 28.6 Å². The van der Waals surface area contributed by atoms with Crippen LogP contribution in [0.5, 0.6) is 0 Å². The average molecular weight is 487 g/mol. The maximum atomic E-state index is 13.7. The first-order chi connectivity index (χ1) is 14.7. The number of ether oxygens (including phenoxy) is 1. The lowest BCUT2D eigenvalue weighted by molar-refractivity contribution is -0.143. The van der Waals surface area contributed by atoms with Crippen molar-refractivity contribution in [2.45, 2.75) is 51.8 Å². The van der Waals surface area contributed by atoms with Gasteiger partial charge in [-0.15, -0.1) is 0 Å². The van der Waals surface area contributed by atoms with Crippen LogP contribution in [0.3, 0.4) is 0 Å². The molecule has 0 radical (unpaired) electrons. The number of anilines is 1. The zero-order valence-electron chi connectivity index (χ0n) is 18.0. The molecule has 0 spiro atoms. The van der Waals surface area contributed by atoms with Crippen molar-refractivity contribution in [3.8, 4) is 0 Å². The van der Waals surface area contributed by atoms with Gasteiger partial charge in [-0.25, -0.2) is 0 Å². The van der Waals surface area contributed by atoms with Gasteiger partial charge in [0, 0.05) is 22.2 Å². The Morgan fingerprint density at radius 2 is 1.94 bits per heavy atom. The van der Waals surface area contributed by atoms with E-state index in [4.69, 9.17) is 4.74 Å². The number of nitrogens with zero attached hydrogens (tertiary/aromatic N) is 2. The fraction of sp³-hybridized carbons (Fsp3) is 0.542. The zero-order valence-corrected chi connectivity index (χ0v) is 19.6. The second-order valence-electron chi connectivity index (χ2n) is 9.99. The number of carbonyl (C=O) groups is 3. The standard InChI is InChI=1S/C24H27BrN2O4/c1-24(2,3)21(28)20-19-18(22(29)26(23(19)30)12-15-5-4-10-31-15)17-8-6-13-11-14(25)7-9-16(13)27(17)20/h6-9,11,15,17-20H,4-5,10,12H2,1-3H3/t15-,17+,18+,19+,20-/m0/s1. The molecule has 4 heterocycles. The van der Waals surface area contributed by atoms with E-state index in [1.165, 1.54) is 4.90 Å². The van der Waals surface area contributed by atoms with Gasteiger partial charge in [0.25, 0.3) is 0 Å². The number of Topliss-reactive ketones (excluding diaryl/α,β-unsaturated/α-hetero) is 1. The lowest BCUT2D eigenvalue weighted by atomic mass is 9.79. The summed E-state index contributed by atoms with van der Waals surface area (Å²) in [5.74, 6) is -1.61. The predicted octanol–water partition coefficient (Wildman–Crippen LogP) is 3.43. The van der Waals surface area contributed by atoms with E-state index >= 15 is 0 Å². The van der Waals surface area contributed by atoms with E-state index in [0.29, 0.717) is 13.2 Å².